The van der Waals surface area contributed by atoms with Crippen molar-refractivity contribution >= 4 is 69.4 Å². The van der Waals surface area contributed by atoms with Crippen LogP contribution in [0.5, 0.6) is 17.2 Å². The molecule has 0 bridgehead atoms. The molecule has 0 amide bonds. The van der Waals surface area contributed by atoms with Crippen LogP contribution in [0.4, 0.5) is 18.9 Å². The second-order valence-corrected chi connectivity index (χ2v) is 17.4. The van der Waals surface area contributed by atoms with Crippen LogP contribution < -0.4 is 15.2 Å². The molecule has 1 aliphatic carbocycles. The first-order chi connectivity index (χ1) is 25.8. The summed E-state index contributed by atoms with van der Waals surface area (Å²) in [5, 5.41) is 18.9. The number of aliphatic carboxylic acids is 1. The normalized spacial score (nSPS) is 14.9. The van der Waals surface area contributed by atoms with Gasteiger partial charge in [0.05, 0.1) is 32.0 Å². The van der Waals surface area contributed by atoms with Crippen LogP contribution in [0, 0.1) is 16.0 Å². The third-order valence-corrected chi connectivity index (χ3v) is 10.3. The molecule has 3 aromatic carbocycles. The second kappa shape index (κ2) is 20.2. The topological polar surface area (TPSA) is 248 Å². The summed E-state index contributed by atoms with van der Waals surface area (Å²) in [6, 6.07) is 9.01. The number of hydrogen-bond donors (Lipinski definition) is 3. The van der Waals surface area contributed by atoms with E-state index in [-0.39, 0.29) is 75.5 Å². The van der Waals surface area contributed by atoms with Crippen LogP contribution in [0.15, 0.2) is 59.5 Å². The third kappa shape index (κ3) is 14.6. The molecule has 1 fully saturated rings. The van der Waals surface area contributed by atoms with Gasteiger partial charge < -0.3 is 25.2 Å². The zero-order valence-corrected chi connectivity index (χ0v) is 33.0. The molecular formula is C34H36Cl2F3N2O13PS. The van der Waals surface area contributed by atoms with E-state index in [1.807, 2.05) is 0 Å². The fourth-order valence-electron chi connectivity index (χ4n) is 4.65. The van der Waals surface area contributed by atoms with Crippen molar-refractivity contribution in [2.75, 3.05) is 25.7 Å². The highest BCUT2D eigenvalue weighted by Crippen LogP contribution is 2.39. The standard InChI is InChI=1S/C15H11ClF3NO4.C14H13ClO5S.C5H12NO4P/c1-2-23-14-8-10(4-5-12(14)20(21)22)24-13-6-3-9(7-11(13)16)15(17,18)19;1-21(19,20)8-5-6-9(10(15)7-8)14(18)13-11(16)3-2-4-12(13)17;1-11(9,10)3-2-4(6)5(7)8/h3-8H,2H2,1H3;5-7,13H,2-4H2,1H3;4H,2-3,6H2,1H3,(H,7,8)(H,9,10). The first kappa shape index (κ1) is 47.8. The summed E-state index contributed by atoms with van der Waals surface area (Å²) in [4.78, 5) is 65.0. The fraction of sp³-hybridized carbons (Fsp3) is 0.353. The first-order valence-electron chi connectivity index (χ1n) is 16.1. The molecule has 0 radical (unpaired) electrons. The Kier molecular flexibility index (Phi) is 17.2. The molecule has 4 rings (SSSR count). The van der Waals surface area contributed by atoms with Crippen LogP contribution in [0.2, 0.25) is 10.0 Å². The highest BCUT2D eigenvalue weighted by molar-refractivity contribution is 7.90. The summed E-state index contributed by atoms with van der Waals surface area (Å²) >= 11 is 11.7. The smallest absolute Gasteiger partial charge is 0.416 e. The van der Waals surface area contributed by atoms with E-state index in [0.29, 0.717) is 6.42 Å². The van der Waals surface area contributed by atoms with Gasteiger partial charge in [-0.2, -0.15) is 13.2 Å². The molecule has 2 atom stereocenters. The number of nitrogens with zero attached hydrogens (tertiary/aromatic N) is 1. The number of carboxylic acids is 1. The third-order valence-electron chi connectivity index (χ3n) is 7.47. The van der Waals surface area contributed by atoms with E-state index in [4.69, 9.17) is 48.4 Å². The number of halogens is 5. The molecule has 0 heterocycles. The van der Waals surface area contributed by atoms with Gasteiger partial charge in [0.1, 0.15) is 23.5 Å². The lowest BCUT2D eigenvalue weighted by molar-refractivity contribution is -0.385. The molecule has 0 spiro atoms. The van der Waals surface area contributed by atoms with Gasteiger partial charge in [-0.3, -0.25) is 33.9 Å². The number of nitrogens with two attached hydrogens (primary N) is 1. The van der Waals surface area contributed by atoms with Gasteiger partial charge in [-0.25, -0.2) is 8.42 Å². The van der Waals surface area contributed by atoms with E-state index in [1.54, 1.807) is 6.92 Å². The molecule has 22 heteroatoms. The van der Waals surface area contributed by atoms with Crippen molar-refractivity contribution < 1.29 is 69.7 Å². The van der Waals surface area contributed by atoms with Crippen molar-refractivity contribution in [2.45, 2.75) is 49.7 Å². The van der Waals surface area contributed by atoms with Crippen molar-refractivity contribution in [3.63, 3.8) is 0 Å². The van der Waals surface area contributed by atoms with Crippen LogP contribution in [-0.4, -0.2) is 78.4 Å². The average molecular weight is 872 g/mol. The molecule has 1 saturated carbocycles. The van der Waals surface area contributed by atoms with Gasteiger partial charge in [0.15, 0.2) is 34.6 Å². The molecule has 0 aromatic heterocycles. The zero-order valence-electron chi connectivity index (χ0n) is 29.7. The van der Waals surface area contributed by atoms with Gasteiger partial charge in [-0.05, 0) is 62.2 Å². The Hall–Kier alpha value is -4.39. The molecule has 306 valence electrons. The minimum absolute atomic E-state index is 0.00216. The number of hydrogen-bond acceptors (Lipinski definition) is 12. The first-order valence-corrected chi connectivity index (χ1v) is 21.0. The Morgan fingerprint density at radius 1 is 1.04 bits per heavy atom. The van der Waals surface area contributed by atoms with Gasteiger partial charge in [0, 0.05) is 49.6 Å². The fourth-order valence-corrected chi connectivity index (χ4v) is 6.61. The Labute approximate surface area is 328 Å². The molecule has 15 nitrogen and oxygen atoms in total. The summed E-state index contributed by atoms with van der Waals surface area (Å²) < 4.78 is 81.9. The zero-order chi connectivity index (χ0) is 42.8. The van der Waals surface area contributed by atoms with Crippen molar-refractivity contribution in [1.29, 1.82) is 0 Å². The maximum Gasteiger partial charge on any atom is 0.416 e. The van der Waals surface area contributed by atoms with E-state index in [2.05, 4.69) is 0 Å². The molecule has 0 saturated heterocycles. The number of sulfone groups is 1. The van der Waals surface area contributed by atoms with E-state index >= 15 is 0 Å². The van der Waals surface area contributed by atoms with Gasteiger partial charge in [0.25, 0.3) is 0 Å². The van der Waals surface area contributed by atoms with Crippen molar-refractivity contribution in [1.82, 2.24) is 0 Å². The van der Waals surface area contributed by atoms with Crippen LogP contribution in [-0.2, 0) is 35.0 Å². The minimum atomic E-state index is -4.52. The minimum Gasteiger partial charge on any atom is -0.487 e. The lowest BCUT2D eigenvalue weighted by Crippen LogP contribution is -2.35. The molecule has 2 unspecified atom stereocenters. The van der Waals surface area contributed by atoms with E-state index in [9.17, 15) is 55.4 Å². The lowest BCUT2D eigenvalue weighted by atomic mass is 9.82. The number of nitro benzene ring substituents is 1. The summed E-state index contributed by atoms with van der Waals surface area (Å²) in [6.45, 7) is 3.04. The number of Topliss-reactive ketones (excluding diaryl/α,β-unsaturated/α-hetero) is 3. The van der Waals surface area contributed by atoms with E-state index in [1.165, 1.54) is 37.0 Å². The summed E-state index contributed by atoms with van der Waals surface area (Å²) in [5.74, 6) is -3.79. The predicted octanol–water partition coefficient (Wildman–Crippen LogP) is 7.01. The van der Waals surface area contributed by atoms with Crippen LogP contribution in [0.1, 0.15) is 48.5 Å². The van der Waals surface area contributed by atoms with Gasteiger partial charge >= 0.3 is 17.8 Å². The summed E-state index contributed by atoms with van der Waals surface area (Å²) in [7, 11) is -6.55. The van der Waals surface area contributed by atoms with Crippen LogP contribution in [0.3, 0.4) is 0 Å². The van der Waals surface area contributed by atoms with Crippen LogP contribution in [0.25, 0.3) is 0 Å². The van der Waals surface area contributed by atoms with Crippen molar-refractivity contribution in [2.24, 2.45) is 11.7 Å². The highest BCUT2D eigenvalue weighted by Gasteiger charge is 2.37. The maximum absolute atomic E-state index is 12.6. The summed E-state index contributed by atoms with van der Waals surface area (Å²) in [5.41, 5.74) is 3.94. The van der Waals surface area contributed by atoms with Crippen LogP contribution >= 0.6 is 30.6 Å². The monoisotopic (exact) mass is 870 g/mol. The largest absolute Gasteiger partial charge is 0.487 e. The summed E-state index contributed by atoms with van der Waals surface area (Å²) in [6.07, 6.45) is -2.64. The highest BCUT2D eigenvalue weighted by atomic mass is 35.5. The number of ether oxygens (including phenoxy) is 2. The number of nitro groups is 1. The van der Waals surface area contributed by atoms with E-state index in [0.717, 1.165) is 30.5 Å². The Bertz CT molecular complexity index is 2110. The van der Waals surface area contributed by atoms with Crippen molar-refractivity contribution in [3.8, 4) is 17.2 Å². The number of carbonyl (C=O) groups excluding carboxylic acids is 3. The van der Waals surface area contributed by atoms with Gasteiger partial charge in [0.2, 0.25) is 5.75 Å². The average Bonchev–Trinajstić information content (AvgIpc) is 3.07. The maximum atomic E-state index is 12.6. The number of rotatable bonds is 12. The number of benzene rings is 3. The Balaban J connectivity index is 0.000000310. The molecule has 1 aliphatic rings. The number of ketones is 3. The SMILES string of the molecule is CCOc1cc(Oc2ccc(C(F)(F)F)cc2Cl)ccc1[N+](=O)[O-].CP(=O)(O)CCC(N)C(=O)O.CS(=O)(=O)c1ccc(C(=O)C2C(=O)CCCC2=O)c(Cl)c1. The van der Waals surface area contributed by atoms with Gasteiger partial charge in [-0.15, -0.1) is 0 Å². The molecule has 56 heavy (non-hydrogen) atoms. The molecule has 4 N–H and O–H groups in total. The second-order valence-electron chi connectivity index (χ2n) is 12.1. The molecule has 0 aliphatic heterocycles. The molecule has 3 aromatic rings. The van der Waals surface area contributed by atoms with Gasteiger partial charge in [-0.1, -0.05) is 23.2 Å². The Morgan fingerprint density at radius 3 is 2.11 bits per heavy atom. The molecular weight excluding hydrogens is 835 g/mol. The number of carbonyl (C=O) groups is 4. The van der Waals surface area contributed by atoms with Crippen molar-refractivity contribution in [3.05, 3.63) is 85.9 Å². The number of alkyl halides is 3. The Morgan fingerprint density at radius 2 is 1.64 bits per heavy atom. The van der Waals surface area contributed by atoms with E-state index < -0.39 is 69.1 Å². The predicted molar refractivity (Wildman–Crippen MR) is 198 cm³/mol. The quantitative estimate of drug-likeness (QED) is 0.0545. The lowest BCUT2D eigenvalue weighted by Gasteiger charge is -2.18. The number of carboxylic acid groups (broad SMARTS) is 1.